The Morgan fingerprint density at radius 3 is 2.78 bits per heavy atom. The molecule has 2 aliphatic heterocycles. The molecule has 3 atom stereocenters. The second kappa shape index (κ2) is 13.0. The number of hydrogen-bond donors (Lipinski definition) is 0. The number of fused-ring (bicyclic) bond motifs is 2. The van der Waals surface area contributed by atoms with E-state index < -0.39 is 0 Å². The van der Waals surface area contributed by atoms with E-state index in [1.54, 1.807) is 4.90 Å². The fourth-order valence-corrected chi connectivity index (χ4v) is 6.99. The molecule has 3 aliphatic rings. The van der Waals surface area contributed by atoms with E-state index in [-0.39, 0.29) is 24.6 Å². The number of hydrogen-bond acceptors (Lipinski definition) is 8. The van der Waals surface area contributed by atoms with Crippen molar-refractivity contribution in [3.05, 3.63) is 71.5 Å². The van der Waals surface area contributed by atoms with Gasteiger partial charge < -0.3 is 24.3 Å². The average molecular weight is 609 g/mol. The third-order valence-corrected chi connectivity index (χ3v) is 9.73. The number of anilines is 2. The van der Waals surface area contributed by atoms with E-state index >= 15 is 0 Å². The van der Waals surface area contributed by atoms with Gasteiger partial charge in [0.2, 0.25) is 12.5 Å². The number of amides is 1. The summed E-state index contributed by atoms with van der Waals surface area (Å²) in [5, 5.41) is 2.34. The number of rotatable bonds is 10. The third-order valence-electron chi connectivity index (χ3n) is 9.73. The Morgan fingerprint density at radius 1 is 1.20 bits per heavy atom. The molecule has 2 fully saturated rings. The van der Waals surface area contributed by atoms with Crippen molar-refractivity contribution in [3.8, 4) is 6.01 Å². The van der Waals surface area contributed by atoms with Gasteiger partial charge in [-0.2, -0.15) is 9.97 Å². The van der Waals surface area contributed by atoms with Crippen LogP contribution in [0.15, 0.2) is 43.2 Å². The van der Waals surface area contributed by atoms with E-state index in [1.165, 1.54) is 29.9 Å². The molecule has 0 radical (unpaired) electrons. The number of carbonyl (C=O) groups is 1. The Balaban J connectivity index is 1.32. The molecule has 0 unspecified atom stereocenters. The summed E-state index contributed by atoms with van der Waals surface area (Å²) < 4.78 is 6.47. The lowest BCUT2D eigenvalue weighted by Crippen LogP contribution is -2.56. The second-order valence-corrected chi connectivity index (χ2v) is 12.9. The molecule has 236 valence electrons. The Labute approximate surface area is 266 Å². The summed E-state index contributed by atoms with van der Waals surface area (Å²) in [6.07, 6.45) is 8.51. The van der Waals surface area contributed by atoms with Crippen LogP contribution in [0.3, 0.4) is 0 Å². The minimum absolute atomic E-state index is 0.0939. The molecule has 1 saturated heterocycles. The van der Waals surface area contributed by atoms with Gasteiger partial charge in [0.15, 0.2) is 0 Å². The Hall–Kier alpha value is -4.23. The van der Waals surface area contributed by atoms with Gasteiger partial charge in [-0.25, -0.2) is 6.57 Å². The van der Waals surface area contributed by atoms with E-state index in [9.17, 15) is 4.79 Å². The van der Waals surface area contributed by atoms with Crippen molar-refractivity contribution < 1.29 is 9.53 Å². The van der Waals surface area contributed by atoms with Crippen LogP contribution < -0.4 is 14.5 Å². The molecule has 2 aromatic heterocycles. The molecule has 10 heteroatoms. The van der Waals surface area contributed by atoms with Crippen LogP contribution in [0.4, 0.5) is 11.5 Å². The maximum absolute atomic E-state index is 12.6. The van der Waals surface area contributed by atoms with Gasteiger partial charge in [-0.15, -0.1) is 0 Å². The Morgan fingerprint density at radius 2 is 2.02 bits per heavy atom. The highest BCUT2D eigenvalue weighted by Gasteiger charge is 2.35. The number of likely N-dealkylation sites (N-methyl/N-ethyl adjacent to an activating group) is 1. The number of aryl methyl sites for hydroxylation is 1. The van der Waals surface area contributed by atoms with Crippen LogP contribution in [0.5, 0.6) is 6.01 Å². The van der Waals surface area contributed by atoms with Crippen molar-refractivity contribution in [2.75, 3.05) is 56.1 Å². The number of nitrogens with zero attached hydrogens (tertiary/aromatic N) is 8. The van der Waals surface area contributed by atoms with Crippen molar-refractivity contribution in [3.63, 3.8) is 0 Å². The Kier molecular flexibility index (Phi) is 8.90. The Bertz CT molecular complexity index is 1610. The molecule has 10 nitrogen and oxygen atoms in total. The van der Waals surface area contributed by atoms with Gasteiger partial charge in [0.05, 0.1) is 24.1 Å². The third kappa shape index (κ3) is 6.45. The average Bonchev–Trinajstić information content (AvgIpc) is 3.89. The molecule has 0 spiro atoms. The molecule has 0 bridgehead atoms. The van der Waals surface area contributed by atoms with E-state index in [0.29, 0.717) is 38.2 Å². The summed E-state index contributed by atoms with van der Waals surface area (Å²) in [5.74, 6) is 1.50. The van der Waals surface area contributed by atoms with Crippen LogP contribution >= 0.6 is 0 Å². The minimum atomic E-state index is -0.238. The summed E-state index contributed by atoms with van der Waals surface area (Å²) >= 11 is 0. The highest BCUT2D eigenvalue weighted by atomic mass is 16.5. The van der Waals surface area contributed by atoms with E-state index in [1.807, 2.05) is 12.4 Å². The summed E-state index contributed by atoms with van der Waals surface area (Å²) in [4.78, 5) is 39.6. The van der Waals surface area contributed by atoms with Crippen LogP contribution in [-0.4, -0.2) is 95.2 Å². The van der Waals surface area contributed by atoms with Crippen molar-refractivity contribution in [2.24, 2.45) is 5.92 Å². The largest absolute Gasteiger partial charge is 0.459 e. The number of pyridine rings is 1. The first-order valence-corrected chi connectivity index (χ1v) is 16.1. The molecule has 0 N–H and O–H groups in total. The van der Waals surface area contributed by atoms with Gasteiger partial charge in [0.25, 0.3) is 0 Å². The van der Waals surface area contributed by atoms with Crippen molar-refractivity contribution >= 4 is 28.2 Å². The zero-order chi connectivity index (χ0) is 31.7. The smallest absolute Gasteiger partial charge is 0.318 e. The van der Waals surface area contributed by atoms with Crippen LogP contribution in [0.1, 0.15) is 43.5 Å². The lowest BCUT2D eigenvalue weighted by atomic mass is 10.0. The quantitative estimate of drug-likeness (QED) is 0.246. The van der Waals surface area contributed by atoms with Crippen LogP contribution in [0, 0.1) is 19.4 Å². The van der Waals surface area contributed by atoms with Crippen molar-refractivity contribution in [1.29, 1.82) is 0 Å². The predicted octanol–water partition coefficient (Wildman–Crippen LogP) is 4.52. The molecule has 3 aromatic rings. The molecular weight excluding hydrogens is 564 g/mol. The standard InChI is InChI=1S/C35H44N8O2/c1-7-32(44)43-16-15-42(21-28(43)18-36-5)34-29-13-14-41(31-19-37-17-27-10-8-9-23(2)33(27)31)22-30(29)38-35(39-34)45-24(3)20-40(6)25(4)26-11-12-26/h7-10,17,19,24-26,28H,1,11-16,18,20-22H2,2-4,6H3/t24-,25+,28-/m0/s1. The normalized spacial score (nSPS) is 19.6. The fraction of sp³-hybridized carbons (Fsp3) is 0.514. The number of carbonyl (C=O) groups excluding carboxylic acids is 1. The monoisotopic (exact) mass is 608 g/mol. The van der Waals surface area contributed by atoms with Gasteiger partial charge in [-0.1, -0.05) is 24.8 Å². The lowest BCUT2D eigenvalue weighted by Gasteiger charge is -2.41. The van der Waals surface area contributed by atoms with Crippen molar-refractivity contribution in [2.45, 2.75) is 64.8 Å². The molecule has 1 aliphatic carbocycles. The van der Waals surface area contributed by atoms with Gasteiger partial charge in [0.1, 0.15) is 18.0 Å². The van der Waals surface area contributed by atoms with E-state index in [4.69, 9.17) is 21.3 Å². The number of aromatic nitrogens is 3. The summed E-state index contributed by atoms with van der Waals surface area (Å²) in [6, 6.07) is 7.00. The van der Waals surface area contributed by atoms with Gasteiger partial charge >= 0.3 is 6.01 Å². The van der Waals surface area contributed by atoms with Crippen LogP contribution in [0.25, 0.3) is 15.6 Å². The predicted molar refractivity (Wildman–Crippen MR) is 178 cm³/mol. The maximum Gasteiger partial charge on any atom is 0.318 e. The molecular formula is C35H44N8O2. The molecule has 6 rings (SSSR count). The first-order valence-electron chi connectivity index (χ1n) is 16.1. The first kappa shape index (κ1) is 30.8. The molecule has 1 saturated carbocycles. The molecule has 1 aromatic carbocycles. The fourth-order valence-electron chi connectivity index (χ4n) is 6.99. The van der Waals surface area contributed by atoms with E-state index in [2.05, 4.69) is 77.1 Å². The van der Waals surface area contributed by atoms with Gasteiger partial charge in [-0.05, 0) is 64.6 Å². The minimum Gasteiger partial charge on any atom is -0.459 e. The van der Waals surface area contributed by atoms with Gasteiger partial charge in [0, 0.05) is 61.3 Å². The SMILES string of the molecule is [C-]#[N+]C[C@H]1CN(c2nc(O[C@@H](C)CN(C)[C@H](C)C3CC3)nc3c2CCN(c2cncc4cccc(C)c24)C3)CCN1C(=O)C=C. The topological polar surface area (TPSA) is 82.3 Å². The number of benzene rings is 1. The zero-order valence-electron chi connectivity index (χ0n) is 26.9. The summed E-state index contributed by atoms with van der Waals surface area (Å²) in [7, 11) is 2.17. The number of ether oxygens (including phenoxy) is 1. The molecule has 1 amide bonds. The van der Waals surface area contributed by atoms with E-state index in [0.717, 1.165) is 53.6 Å². The van der Waals surface area contributed by atoms with Crippen molar-refractivity contribution in [1.82, 2.24) is 24.8 Å². The highest BCUT2D eigenvalue weighted by molar-refractivity contribution is 5.96. The highest BCUT2D eigenvalue weighted by Crippen LogP contribution is 2.36. The maximum atomic E-state index is 12.6. The number of piperazine rings is 1. The first-order chi connectivity index (χ1) is 21.8. The second-order valence-electron chi connectivity index (χ2n) is 12.9. The zero-order valence-corrected chi connectivity index (χ0v) is 26.9. The van der Waals surface area contributed by atoms with Crippen LogP contribution in [-0.2, 0) is 17.8 Å². The van der Waals surface area contributed by atoms with Gasteiger partial charge in [-0.3, -0.25) is 14.7 Å². The summed E-state index contributed by atoms with van der Waals surface area (Å²) in [5.41, 5.74) is 4.39. The van der Waals surface area contributed by atoms with Crippen LogP contribution in [0.2, 0.25) is 0 Å². The lowest BCUT2D eigenvalue weighted by molar-refractivity contribution is -0.128. The molecule has 4 heterocycles. The summed E-state index contributed by atoms with van der Waals surface area (Å²) in [6.45, 7) is 21.8. The molecule has 45 heavy (non-hydrogen) atoms.